The van der Waals surface area contributed by atoms with Crippen LogP contribution in [0.2, 0.25) is 0 Å². The second-order valence-electron chi connectivity index (χ2n) is 5.65. The summed E-state index contributed by atoms with van der Waals surface area (Å²) >= 11 is 0. The first-order chi connectivity index (χ1) is 11.0. The van der Waals surface area contributed by atoms with Gasteiger partial charge in [-0.1, -0.05) is 12.1 Å². The molecule has 0 aromatic heterocycles. The number of nitrogens with two attached hydrogens (primary N) is 1. The first-order valence-corrected chi connectivity index (χ1v) is 7.32. The van der Waals surface area contributed by atoms with Gasteiger partial charge in [-0.15, -0.1) is 0 Å². The van der Waals surface area contributed by atoms with E-state index in [1.54, 1.807) is 12.1 Å². The summed E-state index contributed by atoms with van der Waals surface area (Å²) < 4.78 is 18.6. The molecule has 0 radical (unpaired) electrons. The second kappa shape index (κ2) is 8.42. The van der Waals surface area contributed by atoms with Gasteiger partial charge >= 0.3 is 57.4 Å². The molecule has 2 amide bonds. The molecule has 2 aromatic rings. The van der Waals surface area contributed by atoms with E-state index in [0.717, 1.165) is 12.0 Å². The molecule has 24 heavy (non-hydrogen) atoms. The number of primary amides is 1. The molecule has 2 aromatic carbocycles. The van der Waals surface area contributed by atoms with E-state index in [-0.39, 0.29) is 75.6 Å². The van der Waals surface area contributed by atoms with Gasteiger partial charge in [-0.2, -0.15) is 0 Å². The van der Waals surface area contributed by atoms with Crippen molar-refractivity contribution in [2.24, 2.45) is 11.7 Å². The van der Waals surface area contributed by atoms with Crippen LogP contribution in [0.25, 0.3) is 0 Å². The van der Waals surface area contributed by atoms with Crippen LogP contribution in [0, 0.1) is 11.7 Å². The molecule has 3 rings (SSSR count). The van der Waals surface area contributed by atoms with Crippen molar-refractivity contribution in [2.75, 3.05) is 6.54 Å². The third kappa shape index (κ3) is 5.01. The molecule has 2 atom stereocenters. The normalized spacial score (nSPS) is 18.4. The minimum atomic E-state index is -0.843. The number of nitrogens with zero attached hydrogens (tertiary/aromatic N) is 1. The van der Waals surface area contributed by atoms with Crippen LogP contribution in [0.3, 0.4) is 0 Å². The van der Waals surface area contributed by atoms with Gasteiger partial charge in [0.2, 0.25) is 0 Å². The zero-order valence-electron chi connectivity index (χ0n) is 12.4. The van der Waals surface area contributed by atoms with Crippen LogP contribution in [0.15, 0.2) is 48.5 Å². The Labute approximate surface area is 182 Å². The van der Waals surface area contributed by atoms with Gasteiger partial charge < -0.3 is 10.5 Å². The second-order valence-corrected chi connectivity index (χ2v) is 5.65. The number of urea groups is 1. The molecule has 122 valence electrons. The molecule has 1 aliphatic carbocycles. The summed E-state index contributed by atoms with van der Waals surface area (Å²) in [6, 6.07) is 12.6. The molecule has 1 saturated carbocycles. The van der Waals surface area contributed by atoms with E-state index >= 15 is 0 Å². The van der Waals surface area contributed by atoms with Crippen molar-refractivity contribution in [1.82, 2.24) is 5.06 Å². The van der Waals surface area contributed by atoms with E-state index in [1.807, 2.05) is 24.3 Å². The summed E-state index contributed by atoms with van der Waals surface area (Å²) in [5.41, 5.74) is 6.08. The summed E-state index contributed by atoms with van der Waals surface area (Å²) in [7, 11) is 0. The molecule has 5 nitrogen and oxygen atoms in total. The molecule has 1 fully saturated rings. The molecule has 2 unspecified atom stereocenters. The minimum absolute atomic E-state index is 0. The number of carbonyl (C=O) groups is 1. The Balaban J connectivity index is 0.00000208. The maximum atomic E-state index is 12.9. The fourth-order valence-corrected chi connectivity index (χ4v) is 2.62. The standard InChI is InChI=1S/C17H17FN2O3.K.H/c18-13-4-6-14(7-5-13)23-15-3-1-2-11(8-15)16-9-12(16)10-20(22)17(19)21;;/h1-8,12,16,22H,9-10H2,(H2,19,21);;. The van der Waals surface area contributed by atoms with Gasteiger partial charge in [0.05, 0.1) is 6.54 Å². The number of carbonyl (C=O) groups excluding carboxylic acids is 1. The van der Waals surface area contributed by atoms with Gasteiger partial charge in [-0.3, -0.25) is 5.21 Å². The van der Waals surface area contributed by atoms with Crippen molar-refractivity contribution in [3.8, 4) is 11.5 Å². The van der Waals surface area contributed by atoms with Crippen LogP contribution in [0.1, 0.15) is 17.9 Å². The van der Waals surface area contributed by atoms with Crippen LogP contribution in [0.5, 0.6) is 11.5 Å². The zero-order chi connectivity index (χ0) is 16.4. The fourth-order valence-electron chi connectivity index (χ4n) is 2.62. The van der Waals surface area contributed by atoms with Crippen molar-refractivity contribution < 1.29 is 19.1 Å². The van der Waals surface area contributed by atoms with Crippen LogP contribution in [-0.2, 0) is 0 Å². The van der Waals surface area contributed by atoms with Crippen LogP contribution in [-0.4, -0.2) is 74.2 Å². The van der Waals surface area contributed by atoms with Gasteiger partial charge in [0.25, 0.3) is 0 Å². The quantitative estimate of drug-likeness (QED) is 0.491. The summed E-state index contributed by atoms with van der Waals surface area (Å²) in [4.78, 5) is 10.8. The third-order valence-electron chi connectivity index (χ3n) is 3.92. The maximum absolute atomic E-state index is 12.9. The van der Waals surface area contributed by atoms with Gasteiger partial charge in [-0.25, -0.2) is 14.2 Å². The van der Waals surface area contributed by atoms with E-state index in [0.29, 0.717) is 16.6 Å². The van der Waals surface area contributed by atoms with E-state index < -0.39 is 6.03 Å². The topological polar surface area (TPSA) is 75.8 Å². The average Bonchev–Trinajstić information content (AvgIpc) is 3.29. The summed E-state index contributed by atoms with van der Waals surface area (Å²) in [6.07, 6.45) is 0.879. The number of hydrogen-bond donors (Lipinski definition) is 2. The molecule has 0 bridgehead atoms. The third-order valence-corrected chi connectivity index (χ3v) is 3.92. The van der Waals surface area contributed by atoms with Crippen molar-refractivity contribution in [1.29, 1.82) is 0 Å². The summed E-state index contributed by atoms with van der Waals surface area (Å²) in [5, 5.41) is 9.92. The molecule has 7 heteroatoms. The van der Waals surface area contributed by atoms with E-state index in [2.05, 4.69) is 0 Å². The Morgan fingerprint density at radius 2 is 1.96 bits per heavy atom. The fraction of sp³-hybridized carbons (Fsp3) is 0.235. The van der Waals surface area contributed by atoms with Gasteiger partial charge in [0.1, 0.15) is 17.3 Å². The van der Waals surface area contributed by atoms with Gasteiger partial charge in [-0.05, 0) is 60.2 Å². The number of halogens is 1. The van der Waals surface area contributed by atoms with Crippen molar-refractivity contribution in [2.45, 2.75) is 12.3 Å². The van der Waals surface area contributed by atoms with E-state index in [1.165, 1.54) is 12.1 Å². The zero-order valence-corrected chi connectivity index (χ0v) is 12.4. The molecular weight excluding hydrogens is 338 g/mol. The number of hydrogen-bond acceptors (Lipinski definition) is 3. The Morgan fingerprint density at radius 3 is 2.62 bits per heavy atom. The molecule has 0 saturated heterocycles. The monoisotopic (exact) mass is 356 g/mol. The van der Waals surface area contributed by atoms with Crippen molar-refractivity contribution in [3.05, 3.63) is 59.9 Å². The van der Waals surface area contributed by atoms with Crippen LogP contribution in [0.4, 0.5) is 9.18 Å². The Morgan fingerprint density at radius 1 is 1.25 bits per heavy atom. The number of rotatable bonds is 5. The van der Waals surface area contributed by atoms with Crippen molar-refractivity contribution >= 4 is 57.4 Å². The summed E-state index contributed by atoms with van der Waals surface area (Å²) in [5.74, 6) is 1.37. The first kappa shape index (κ1) is 19.4. The van der Waals surface area contributed by atoms with Crippen LogP contribution < -0.4 is 10.5 Å². The Hall–Kier alpha value is -0.964. The molecule has 1 aliphatic rings. The molecule has 0 spiro atoms. The number of hydroxylamine groups is 2. The predicted molar refractivity (Wildman–Crippen MR) is 89.0 cm³/mol. The van der Waals surface area contributed by atoms with Gasteiger partial charge in [0.15, 0.2) is 0 Å². The van der Waals surface area contributed by atoms with Crippen molar-refractivity contribution in [3.63, 3.8) is 0 Å². The Kier molecular flexibility index (Phi) is 6.79. The van der Waals surface area contributed by atoms with Crippen LogP contribution >= 0.6 is 0 Å². The number of ether oxygens (including phenoxy) is 1. The Bertz CT molecular complexity index is 711. The van der Waals surface area contributed by atoms with E-state index in [9.17, 15) is 14.4 Å². The van der Waals surface area contributed by atoms with Gasteiger partial charge in [0, 0.05) is 0 Å². The number of amides is 2. The SMILES string of the molecule is NC(=O)N(O)CC1CC1c1cccc(Oc2ccc(F)cc2)c1.[KH]. The van der Waals surface area contributed by atoms with E-state index in [4.69, 9.17) is 10.5 Å². The first-order valence-electron chi connectivity index (χ1n) is 7.32. The molecule has 0 heterocycles. The molecule has 0 aliphatic heterocycles. The average molecular weight is 356 g/mol. The number of benzene rings is 2. The molecule has 3 N–H and O–H groups in total. The molecular formula is C17H18FKN2O3. The predicted octanol–water partition coefficient (Wildman–Crippen LogP) is 2.84. The summed E-state index contributed by atoms with van der Waals surface area (Å²) in [6.45, 7) is 0.225.